The Bertz CT molecular complexity index is 1130. The quantitative estimate of drug-likeness (QED) is 0.462. The minimum atomic E-state index is -3.58. The van der Waals surface area contributed by atoms with Crippen molar-refractivity contribution in [1.82, 2.24) is 24.2 Å². The van der Waals surface area contributed by atoms with Gasteiger partial charge < -0.3 is 14.6 Å². The fraction of sp³-hybridized carbons (Fsp3) is 0.381. The molecule has 0 unspecified atom stereocenters. The van der Waals surface area contributed by atoms with Gasteiger partial charge in [-0.15, -0.1) is 0 Å². The van der Waals surface area contributed by atoms with Crippen LogP contribution in [0.3, 0.4) is 0 Å². The van der Waals surface area contributed by atoms with E-state index in [1.165, 1.54) is 12.1 Å². The summed E-state index contributed by atoms with van der Waals surface area (Å²) < 4.78 is 34.5. The predicted molar refractivity (Wildman–Crippen MR) is 120 cm³/mol. The number of aryl methyl sites for hydroxylation is 2. The average molecular weight is 445 g/mol. The first-order chi connectivity index (χ1) is 14.9. The molecule has 0 aliphatic carbocycles. The molecule has 0 bridgehead atoms. The summed E-state index contributed by atoms with van der Waals surface area (Å²) in [5.41, 5.74) is 3.33. The van der Waals surface area contributed by atoms with Gasteiger partial charge in [0.05, 0.1) is 28.6 Å². The summed E-state index contributed by atoms with van der Waals surface area (Å²) in [5, 5.41) is 3.13. The molecule has 10 heteroatoms. The molecule has 0 fully saturated rings. The number of nitrogens with one attached hydrogen (secondary N) is 2. The van der Waals surface area contributed by atoms with Crippen molar-refractivity contribution in [3.8, 4) is 11.4 Å². The van der Waals surface area contributed by atoms with Crippen LogP contribution in [0.15, 0.2) is 41.4 Å². The third-order valence-electron chi connectivity index (χ3n) is 4.71. The maximum Gasteiger partial charge on any atom is 0.240 e. The summed E-state index contributed by atoms with van der Waals surface area (Å²) in [6.07, 6.45) is 1.69. The van der Waals surface area contributed by atoms with E-state index < -0.39 is 10.0 Å². The third-order valence-corrected chi connectivity index (χ3v) is 6.19. The van der Waals surface area contributed by atoms with E-state index in [2.05, 4.69) is 36.5 Å². The first kappa shape index (κ1) is 22.9. The molecule has 0 radical (unpaired) electrons. The molecule has 0 spiro atoms. The van der Waals surface area contributed by atoms with Crippen LogP contribution in [0.1, 0.15) is 25.4 Å². The van der Waals surface area contributed by atoms with Gasteiger partial charge in [0, 0.05) is 31.6 Å². The fourth-order valence-electron chi connectivity index (χ4n) is 3.30. The second-order valence-electron chi connectivity index (χ2n) is 6.85. The van der Waals surface area contributed by atoms with Crippen LogP contribution in [0.2, 0.25) is 0 Å². The predicted octanol–water partition coefficient (Wildman–Crippen LogP) is 3.04. The molecular formula is C21H28N6O3S. The number of rotatable bonds is 10. The zero-order valence-corrected chi connectivity index (χ0v) is 19.0. The monoisotopic (exact) mass is 444 g/mol. The molecule has 3 rings (SSSR count). The van der Waals surface area contributed by atoms with Crippen molar-refractivity contribution in [3.05, 3.63) is 48.0 Å². The van der Waals surface area contributed by atoms with E-state index in [1.807, 2.05) is 26.8 Å². The molecule has 3 aromatic rings. The van der Waals surface area contributed by atoms with E-state index in [1.54, 1.807) is 18.3 Å². The van der Waals surface area contributed by atoms with Gasteiger partial charge in [-0.05, 0) is 58.0 Å². The normalized spacial score (nSPS) is 11.6. The standard InChI is InChI=1S/C21H28N6O3S/c1-5-27-16(4)24-15(3)20(27)19-11-12-22-21(26-19)25-17-7-9-18(10-8-17)31(28,29)23-13-14-30-6-2/h7-12,23H,5-6,13-14H2,1-4H3,(H,22,25,26). The highest BCUT2D eigenvalue weighted by molar-refractivity contribution is 7.89. The fourth-order valence-corrected chi connectivity index (χ4v) is 4.31. The highest BCUT2D eigenvalue weighted by Gasteiger charge is 2.15. The lowest BCUT2D eigenvalue weighted by Gasteiger charge is -2.11. The van der Waals surface area contributed by atoms with Crippen molar-refractivity contribution in [2.24, 2.45) is 0 Å². The first-order valence-corrected chi connectivity index (χ1v) is 11.7. The Morgan fingerprint density at radius 1 is 1.06 bits per heavy atom. The molecule has 1 aromatic carbocycles. The lowest BCUT2D eigenvalue weighted by molar-refractivity contribution is 0.153. The van der Waals surface area contributed by atoms with Gasteiger partial charge in [0.25, 0.3) is 0 Å². The number of nitrogens with zero attached hydrogens (tertiary/aromatic N) is 4. The third kappa shape index (κ3) is 5.46. The molecule has 0 aliphatic rings. The van der Waals surface area contributed by atoms with Gasteiger partial charge in [-0.2, -0.15) is 0 Å². The van der Waals surface area contributed by atoms with Gasteiger partial charge in [0.2, 0.25) is 16.0 Å². The van der Waals surface area contributed by atoms with Gasteiger partial charge in [0.15, 0.2) is 0 Å². The molecule has 0 saturated carbocycles. The number of imidazole rings is 1. The van der Waals surface area contributed by atoms with Crippen LogP contribution in [0.25, 0.3) is 11.4 Å². The number of sulfonamides is 1. The van der Waals surface area contributed by atoms with Gasteiger partial charge in [-0.3, -0.25) is 0 Å². The Labute approximate surface area is 183 Å². The van der Waals surface area contributed by atoms with Gasteiger partial charge in [-0.25, -0.2) is 28.1 Å². The van der Waals surface area contributed by atoms with Crippen molar-refractivity contribution in [2.45, 2.75) is 39.1 Å². The molecule has 2 N–H and O–H groups in total. The van der Waals surface area contributed by atoms with E-state index in [-0.39, 0.29) is 11.4 Å². The van der Waals surface area contributed by atoms with Crippen LogP contribution >= 0.6 is 0 Å². The summed E-state index contributed by atoms with van der Waals surface area (Å²) in [6.45, 7) is 9.77. The summed E-state index contributed by atoms with van der Waals surface area (Å²) in [7, 11) is -3.58. The highest BCUT2D eigenvalue weighted by Crippen LogP contribution is 2.24. The molecule has 0 amide bonds. The lowest BCUT2D eigenvalue weighted by atomic mass is 10.2. The van der Waals surface area contributed by atoms with Crippen molar-refractivity contribution in [3.63, 3.8) is 0 Å². The van der Waals surface area contributed by atoms with Crippen molar-refractivity contribution in [1.29, 1.82) is 0 Å². The SMILES string of the molecule is CCOCCNS(=O)(=O)c1ccc(Nc2nccc(-c3c(C)nc(C)n3CC)n2)cc1. The number of hydrogen-bond donors (Lipinski definition) is 2. The van der Waals surface area contributed by atoms with Crippen LogP contribution in [0, 0.1) is 13.8 Å². The number of hydrogen-bond acceptors (Lipinski definition) is 7. The zero-order chi connectivity index (χ0) is 22.4. The summed E-state index contributed by atoms with van der Waals surface area (Å²) in [4.78, 5) is 13.6. The summed E-state index contributed by atoms with van der Waals surface area (Å²) in [6, 6.07) is 8.28. The number of aromatic nitrogens is 4. The van der Waals surface area contributed by atoms with Gasteiger partial charge in [0.1, 0.15) is 5.82 Å². The topological polar surface area (TPSA) is 111 Å². The van der Waals surface area contributed by atoms with E-state index in [9.17, 15) is 8.42 Å². The Balaban J connectivity index is 1.75. The van der Waals surface area contributed by atoms with E-state index in [0.717, 1.165) is 29.5 Å². The molecule has 9 nitrogen and oxygen atoms in total. The Kier molecular flexibility index (Phi) is 7.37. The first-order valence-electron chi connectivity index (χ1n) is 10.2. The van der Waals surface area contributed by atoms with Gasteiger partial charge >= 0.3 is 0 Å². The van der Waals surface area contributed by atoms with Gasteiger partial charge in [-0.1, -0.05) is 0 Å². The van der Waals surface area contributed by atoms with Crippen LogP contribution in [-0.4, -0.2) is 47.7 Å². The van der Waals surface area contributed by atoms with E-state index in [4.69, 9.17) is 4.74 Å². The smallest absolute Gasteiger partial charge is 0.240 e. The minimum absolute atomic E-state index is 0.183. The maximum atomic E-state index is 12.3. The zero-order valence-electron chi connectivity index (χ0n) is 18.2. The average Bonchev–Trinajstić information content (AvgIpc) is 3.04. The summed E-state index contributed by atoms with van der Waals surface area (Å²) in [5.74, 6) is 1.36. The summed E-state index contributed by atoms with van der Waals surface area (Å²) >= 11 is 0. The van der Waals surface area contributed by atoms with Crippen molar-refractivity contribution >= 4 is 21.7 Å². The van der Waals surface area contributed by atoms with Crippen LogP contribution in [0.4, 0.5) is 11.6 Å². The number of ether oxygens (including phenoxy) is 1. The van der Waals surface area contributed by atoms with Crippen molar-refractivity contribution < 1.29 is 13.2 Å². The molecule has 2 aromatic heterocycles. The van der Waals surface area contributed by atoms with E-state index >= 15 is 0 Å². The Morgan fingerprint density at radius 2 is 1.81 bits per heavy atom. The van der Waals surface area contributed by atoms with Crippen LogP contribution in [-0.2, 0) is 21.3 Å². The maximum absolute atomic E-state index is 12.3. The number of anilines is 2. The van der Waals surface area contributed by atoms with Crippen LogP contribution < -0.4 is 10.0 Å². The van der Waals surface area contributed by atoms with Crippen molar-refractivity contribution in [2.75, 3.05) is 25.1 Å². The minimum Gasteiger partial charge on any atom is -0.380 e. The van der Waals surface area contributed by atoms with Crippen LogP contribution in [0.5, 0.6) is 0 Å². The Morgan fingerprint density at radius 3 is 2.48 bits per heavy atom. The molecule has 0 atom stereocenters. The highest BCUT2D eigenvalue weighted by atomic mass is 32.2. The molecule has 2 heterocycles. The molecule has 31 heavy (non-hydrogen) atoms. The largest absolute Gasteiger partial charge is 0.380 e. The number of benzene rings is 1. The lowest BCUT2D eigenvalue weighted by Crippen LogP contribution is -2.27. The second-order valence-corrected chi connectivity index (χ2v) is 8.61. The second kappa shape index (κ2) is 9.99. The van der Waals surface area contributed by atoms with E-state index in [0.29, 0.717) is 24.8 Å². The molecule has 166 valence electrons. The Hall–Kier alpha value is -2.82. The molecule has 0 aliphatic heterocycles. The molecular weight excluding hydrogens is 416 g/mol. The molecule has 0 saturated heterocycles.